The molecule has 0 aliphatic heterocycles. The van der Waals surface area contributed by atoms with Crippen LogP contribution >= 0.6 is 0 Å². The summed E-state index contributed by atoms with van der Waals surface area (Å²) < 4.78 is 0. The molecule has 1 aliphatic rings. The molecule has 0 saturated heterocycles. The molecule has 0 aromatic carbocycles. The third-order valence-electron chi connectivity index (χ3n) is 6.62. The van der Waals surface area contributed by atoms with E-state index >= 15 is 0 Å². The Bertz CT molecular complexity index is 1150. The molecule has 6 N–H and O–H groups in total. The number of nitrogens with two attached hydrogens (primary N) is 2. The number of nitrogens with one attached hydrogen (secondary N) is 2. The molecular weight excluding hydrogens is 454 g/mol. The van der Waals surface area contributed by atoms with Crippen LogP contribution in [0.15, 0.2) is 41.9 Å². The van der Waals surface area contributed by atoms with Crippen molar-refractivity contribution in [1.82, 2.24) is 9.97 Å². The van der Waals surface area contributed by atoms with E-state index in [-0.39, 0.29) is 11.6 Å². The van der Waals surface area contributed by atoms with Gasteiger partial charge in [0.1, 0.15) is 0 Å². The van der Waals surface area contributed by atoms with Gasteiger partial charge in [0.2, 0.25) is 5.91 Å². The van der Waals surface area contributed by atoms with E-state index < -0.39 is 5.91 Å². The Morgan fingerprint density at radius 2 is 1.94 bits per heavy atom. The summed E-state index contributed by atoms with van der Waals surface area (Å²) in [5.41, 5.74) is 9.77. The van der Waals surface area contributed by atoms with Crippen molar-refractivity contribution in [1.29, 1.82) is 0 Å². The first-order valence-corrected chi connectivity index (χ1v) is 12.4. The van der Waals surface area contributed by atoms with Crippen LogP contribution in [0.2, 0.25) is 0 Å². The molecule has 2 aromatic rings. The topological polar surface area (TPSA) is 148 Å². The summed E-state index contributed by atoms with van der Waals surface area (Å²) in [4.78, 5) is 34.0. The van der Waals surface area contributed by atoms with Crippen LogP contribution < -0.4 is 22.2 Å². The van der Waals surface area contributed by atoms with Crippen LogP contribution in [0.5, 0.6) is 0 Å². The van der Waals surface area contributed by atoms with Gasteiger partial charge in [-0.25, -0.2) is 0 Å². The summed E-state index contributed by atoms with van der Waals surface area (Å²) in [6, 6.07) is 5.17. The number of carbonyl (C=O) groups excluding carboxylic acids is 2. The second-order valence-corrected chi connectivity index (χ2v) is 10.1. The minimum atomic E-state index is -0.528. The van der Waals surface area contributed by atoms with Crippen molar-refractivity contribution in [2.45, 2.75) is 66.2 Å². The maximum absolute atomic E-state index is 12.9. The van der Waals surface area contributed by atoms with Crippen molar-refractivity contribution >= 4 is 34.5 Å². The van der Waals surface area contributed by atoms with Gasteiger partial charge in [0, 0.05) is 12.6 Å². The number of anilines is 2. The number of pyridine rings is 2. The van der Waals surface area contributed by atoms with E-state index in [1.807, 2.05) is 13.0 Å². The highest BCUT2D eigenvalue weighted by Gasteiger charge is 2.35. The summed E-state index contributed by atoms with van der Waals surface area (Å²) in [6.07, 6.45) is 10.4. The Morgan fingerprint density at radius 3 is 2.53 bits per heavy atom. The Hall–Kier alpha value is -3.75. The fraction of sp³-hybridized carbons (Fsp3) is 0.444. The number of hydrogen-bond acceptors (Lipinski definition) is 7. The fourth-order valence-electron chi connectivity index (χ4n) is 4.77. The number of allylic oxidation sites excluding steroid dienone is 1. The van der Waals surface area contributed by atoms with Crippen molar-refractivity contribution < 1.29 is 9.59 Å². The van der Waals surface area contributed by atoms with Crippen LogP contribution in [0.4, 0.5) is 11.4 Å². The Labute approximate surface area is 212 Å². The van der Waals surface area contributed by atoms with Gasteiger partial charge in [0.15, 0.2) is 5.71 Å². The van der Waals surface area contributed by atoms with Gasteiger partial charge in [-0.2, -0.15) is 5.10 Å². The van der Waals surface area contributed by atoms with Crippen molar-refractivity contribution in [3.05, 3.63) is 53.7 Å². The van der Waals surface area contributed by atoms with E-state index in [9.17, 15) is 9.59 Å². The van der Waals surface area contributed by atoms with Crippen LogP contribution in [-0.4, -0.2) is 27.5 Å². The molecule has 2 aromatic heterocycles. The number of hydrazone groups is 1. The Morgan fingerprint density at radius 1 is 1.19 bits per heavy atom. The Balaban J connectivity index is 1.60. The third kappa shape index (κ3) is 6.90. The normalized spacial score (nSPS) is 15.8. The lowest BCUT2D eigenvalue weighted by molar-refractivity contribution is -0.116. The molecular formula is C27H37N7O2. The maximum Gasteiger partial charge on any atom is 0.278 e. The van der Waals surface area contributed by atoms with E-state index in [1.54, 1.807) is 31.5 Å². The molecule has 0 atom stereocenters. The van der Waals surface area contributed by atoms with Crippen molar-refractivity contribution in [2.75, 3.05) is 10.6 Å². The van der Waals surface area contributed by atoms with E-state index in [4.69, 9.17) is 11.6 Å². The molecule has 3 rings (SSSR count). The molecule has 192 valence electrons. The third-order valence-corrected chi connectivity index (χ3v) is 6.62. The molecule has 2 heterocycles. The molecule has 9 nitrogen and oxygen atoms in total. The lowest BCUT2D eigenvalue weighted by Gasteiger charge is -2.42. The summed E-state index contributed by atoms with van der Waals surface area (Å²) in [6.45, 7) is 8.33. The van der Waals surface area contributed by atoms with Gasteiger partial charge >= 0.3 is 0 Å². The molecule has 1 saturated carbocycles. The highest BCUT2D eigenvalue weighted by atomic mass is 16.2. The van der Waals surface area contributed by atoms with Crippen LogP contribution in [0.1, 0.15) is 76.2 Å². The zero-order valence-electron chi connectivity index (χ0n) is 21.6. The zero-order chi connectivity index (χ0) is 26.3. The number of aromatic nitrogens is 2. The van der Waals surface area contributed by atoms with Gasteiger partial charge in [0.25, 0.3) is 5.91 Å². The van der Waals surface area contributed by atoms with Crippen molar-refractivity contribution in [3.63, 3.8) is 0 Å². The van der Waals surface area contributed by atoms with Crippen LogP contribution in [0.3, 0.4) is 0 Å². The molecule has 0 spiro atoms. The van der Waals surface area contributed by atoms with Crippen LogP contribution in [0, 0.1) is 18.3 Å². The number of hydrogen-bond donors (Lipinski definition) is 4. The lowest BCUT2D eigenvalue weighted by atomic mass is 9.63. The van der Waals surface area contributed by atoms with Gasteiger partial charge in [-0.05, 0) is 79.8 Å². The molecule has 0 unspecified atom stereocenters. The maximum atomic E-state index is 12.9. The van der Waals surface area contributed by atoms with Gasteiger partial charge in [-0.1, -0.05) is 26.8 Å². The fourth-order valence-corrected chi connectivity index (χ4v) is 4.77. The standard InChI is InChI=1S/C27H37N7O2/c1-5-19(14-28)20-9-10-22(31-15-20)25(34-29)26(36)33-23-11-21(16-30-17(23)2)32-24(35)8-6-7-18-12-27(3,4)13-18/h9-11,14-16,18H,5-8,12-13,28-29H2,1-4H3,(H,32,35)(H,33,36)/b19-14+,34-25?. The summed E-state index contributed by atoms with van der Waals surface area (Å²) in [5, 5.41) is 9.31. The molecule has 1 fully saturated rings. The average Bonchev–Trinajstić information content (AvgIpc) is 2.82. The average molecular weight is 492 g/mol. The first-order valence-electron chi connectivity index (χ1n) is 12.4. The number of carbonyl (C=O) groups is 2. The quantitative estimate of drug-likeness (QED) is 0.221. The molecule has 0 bridgehead atoms. The summed E-state index contributed by atoms with van der Waals surface area (Å²) >= 11 is 0. The van der Waals surface area contributed by atoms with Gasteiger partial charge in [-0.3, -0.25) is 19.6 Å². The van der Waals surface area contributed by atoms with Crippen LogP contribution in [0.25, 0.3) is 5.57 Å². The SMILES string of the molecule is CC/C(=C\N)c1ccc(C(=NN)C(=O)Nc2cc(NC(=O)CCCC3CC(C)(C)C3)cnc2C)nc1. The van der Waals surface area contributed by atoms with Crippen LogP contribution in [-0.2, 0) is 9.59 Å². The second kappa shape index (κ2) is 11.8. The summed E-state index contributed by atoms with van der Waals surface area (Å²) in [7, 11) is 0. The number of rotatable bonds is 10. The van der Waals surface area contributed by atoms with Crippen molar-refractivity contribution in [3.8, 4) is 0 Å². The highest BCUT2D eigenvalue weighted by Crippen LogP contribution is 2.46. The highest BCUT2D eigenvalue weighted by molar-refractivity contribution is 6.48. The van der Waals surface area contributed by atoms with E-state index in [2.05, 4.69) is 39.6 Å². The predicted molar refractivity (Wildman–Crippen MR) is 144 cm³/mol. The molecule has 2 amide bonds. The van der Waals surface area contributed by atoms with E-state index in [0.29, 0.717) is 34.6 Å². The largest absolute Gasteiger partial charge is 0.404 e. The number of amides is 2. The Kier molecular flexibility index (Phi) is 8.79. The molecule has 1 aliphatic carbocycles. The van der Waals surface area contributed by atoms with Crippen molar-refractivity contribution in [2.24, 2.45) is 28.0 Å². The van der Waals surface area contributed by atoms with Gasteiger partial charge < -0.3 is 22.2 Å². The zero-order valence-corrected chi connectivity index (χ0v) is 21.6. The molecule has 36 heavy (non-hydrogen) atoms. The van der Waals surface area contributed by atoms with E-state index in [0.717, 1.165) is 36.3 Å². The molecule has 9 heteroatoms. The van der Waals surface area contributed by atoms with E-state index in [1.165, 1.54) is 19.0 Å². The van der Waals surface area contributed by atoms with Gasteiger partial charge in [-0.15, -0.1) is 0 Å². The van der Waals surface area contributed by atoms with Gasteiger partial charge in [0.05, 0.1) is 29.0 Å². The summed E-state index contributed by atoms with van der Waals surface area (Å²) in [5.74, 6) is 5.66. The minimum absolute atomic E-state index is 0.0238. The minimum Gasteiger partial charge on any atom is -0.404 e. The lowest BCUT2D eigenvalue weighted by Crippen LogP contribution is -2.31. The molecule has 0 radical (unpaired) electrons. The first kappa shape index (κ1) is 26.8. The smallest absolute Gasteiger partial charge is 0.278 e. The second-order valence-electron chi connectivity index (χ2n) is 10.1. The monoisotopic (exact) mass is 491 g/mol. The first-order chi connectivity index (χ1) is 17.2. The number of aryl methyl sites for hydroxylation is 1. The number of nitrogens with zero attached hydrogens (tertiary/aromatic N) is 3. The predicted octanol–water partition coefficient (Wildman–Crippen LogP) is 4.34.